The van der Waals surface area contributed by atoms with Gasteiger partial charge in [-0.2, -0.15) is 13.2 Å². The van der Waals surface area contributed by atoms with Gasteiger partial charge in [-0.3, -0.25) is 14.3 Å². The van der Waals surface area contributed by atoms with Crippen molar-refractivity contribution in [1.29, 1.82) is 0 Å². The number of hydrogen-bond acceptors (Lipinski definition) is 5. The smallest absolute Gasteiger partial charge is 0.416 e. The van der Waals surface area contributed by atoms with Gasteiger partial charge in [0, 0.05) is 11.3 Å². The third-order valence-corrected chi connectivity index (χ3v) is 5.03. The molecular weight excluding hydrogens is 425 g/mol. The van der Waals surface area contributed by atoms with Crippen molar-refractivity contribution >= 4 is 27.6 Å². The second-order valence-corrected chi connectivity index (χ2v) is 8.11. The van der Waals surface area contributed by atoms with Gasteiger partial charge in [0.25, 0.3) is 15.9 Å². The fourth-order valence-electron chi connectivity index (χ4n) is 2.32. The van der Waals surface area contributed by atoms with Crippen LogP contribution in [0, 0.1) is 0 Å². The first-order valence-electron chi connectivity index (χ1n) is 8.66. The molecule has 0 saturated heterocycles. The van der Waals surface area contributed by atoms with Crippen LogP contribution in [-0.2, 0) is 25.7 Å². The fraction of sp³-hybridized carbons (Fsp3) is 0.263. The second kappa shape index (κ2) is 9.16. The maximum absolute atomic E-state index is 12.8. The molecule has 2 aromatic rings. The Morgan fingerprint density at radius 3 is 2.27 bits per heavy atom. The van der Waals surface area contributed by atoms with Crippen molar-refractivity contribution in [2.24, 2.45) is 0 Å². The number of nitrogens with one attached hydrogen (secondary N) is 2. The zero-order chi connectivity index (χ0) is 22.5. The summed E-state index contributed by atoms with van der Waals surface area (Å²) in [5, 5.41) is 2.34. The number of carbonyl (C=O) groups is 2. The normalized spacial score (nSPS) is 11.8. The number of rotatable bonds is 7. The number of anilines is 1. The Kier molecular flexibility index (Phi) is 7.08. The Balaban J connectivity index is 2.08. The summed E-state index contributed by atoms with van der Waals surface area (Å²) >= 11 is 0. The van der Waals surface area contributed by atoms with E-state index in [4.69, 9.17) is 4.74 Å². The summed E-state index contributed by atoms with van der Waals surface area (Å²) in [5.74, 6) is -1.24. The minimum absolute atomic E-state index is 0.0883. The molecule has 0 atom stereocenters. The molecule has 0 aliphatic rings. The molecule has 0 aromatic heterocycles. The average molecular weight is 444 g/mol. The van der Waals surface area contributed by atoms with Crippen molar-refractivity contribution in [3.63, 3.8) is 0 Å². The Labute approximate surface area is 171 Å². The number of sulfonamides is 1. The van der Waals surface area contributed by atoms with E-state index in [1.54, 1.807) is 13.8 Å². The summed E-state index contributed by atoms with van der Waals surface area (Å²) in [4.78, 5) is 23.2. The lowest BCUT2D eigenvalue weighted by Crippen LogP contribution is -2.31. The molecule has 2 N–H and O–H groups in total. The zero-order valence-electron chi connectivity index (χ0n) is 16.0. The summed E-state index contributed by atoms with van der Waals surface area (Å²) in [6.07, 6.45) is -4.94. The average Bonchev–Trinajstić information content (AvgIpc) is 2.65. The molecule has 0 fully saturated rings. The van der Waals surface area contributed by atoms with Crippen molar-refractivity contribution in [2.75, 3.05) is 11.3 Å². The minimum Gasteiger partial charge on any atom is -0.462 e. The number of alkyl halides is 3. The van der Waals surface area contributed by atoms with E-state index in [0.717, 1.165) is 24.3 Å². The maximum atomic E-state index is 12.8. The molecule has 162 valence electrons. The highest BCUT2D eigenvalue weighted by atomic mass is 32.2. The van der Waals surface area contributed by atoms with E-state index < -0.39 is 33.6 Å². The minimum atomic E-state index is -4.61. The first kappa shape index (κ1) is 23.2. The monoisotopic (exact) mass is 444 g/mol. The van der Waals surface area contributed by atoms with Crippen molar-refractivity contribution < 1.29 is 35.9 Å². The van der Waals surface area contributed by atoms with Gasteiger partial charge in [-0.1, -0.05) is 6.07 Å². The van der Waals surface area contributed by atoms with E-state index in [0.29, 0.717) is 6.07 Å². The molecular formula is C19H19F3N2O5S. The van der Waals surface area contributed by atoms with Crippen LogP contribution in [0.5, 0.6) is 0 Å². The van der Waals surface area contributed by atoms with E-state index in [1.165, 1.54) is 18.2 Å². The Morgan fingerprint density at radius 2 is 1.70 bits per heavy atom. The number of hydrogen-bond donors (Lipinski definition) is 2. The number of amides is 1. The van der Waals surface area contributed by atoms with E-state index in [9.17, 15) is 31.2 Å². The van der Waals surface area contributed by atoms with Crippen LogP contribution in [0.1, 0.15) is 29.8 Å². The standard InChI is InChI=1S/C19H19F3N2O5S/c1-12(2)29-17(25)11-23-18(26)13-6-8-16(9-7-13)30(27,28)24-15-5-3-4-14(10-15)19(20,21)22/h3-10,12,24H,11H2,1-2H3,(H,23,26). The maximum Gasteiger partial charge on any atom is 0.416 e. The van der Waals surface area contributed by atoms with Gasteiger partial charge in [0.2, 0.25) is 0 Å². The van der Waals surface area contributed by atoms with E-state index >= 15 is 0 Å². The van der Waals surface area contributed by atoms with Crippen LogP contribution in [0.4, 0.5) is 18.9 Å². The third kappa shape index (κ3) is 6.48. The Bertz CT molecular complexity index is 1020. The first-order chi connectivity index (χ1) is 13.9. The molecule has 7 nitrogen and oxygen atoms in total. The largest absolute Gasteiger partial charge is 0.462 e. The predicted octanol–water partition coefficient (Wildman–Crippen LogP) is 3.19. The van der Waals surface area contributed by atoms with E-state index in [2.05, 4.69) is 10.0 Å². The Morgan fingerprint density at radius 1 is 1.07 bits per heavy atom. The summed E-state index contributed by atoms with van der Waals surface area (Å²) < 4.78 is 70.1. The van der Waals surface area contributed by atoms with Gasteiger partial charge in [-0.05, 0) is 56.3 Å². The molecule has 11 heteroatoms. The molecule has 30 heavy (non-hydrogen) atoms. The molecule has 0 unspecified atom stereocenters. The van der Waals surface area contributed by atoms with Gasteiger partial charge in [0.05, 0.1) is 16.6 Å². The quantitative estimate of drug-likeness (QED) is 0.639. The third-order valence-electron chi connectivity index (χ3n) is 3.63. The van der Waals surface area contributed by atoms with Gasteiger partial charge in [0.15, 0.2) is 0 Å². The van der Waals surface area contributed by atoms with Gasteiger partial charge in [-0.25, -0.2) is 8.42 Å². The van der Waals surface area contributed by atoms with Crippen LogP contribution in [-0.4, -0.2) is 32.9 Å². The SMILES string of the molecule is CC(C)OC(=O)CNC(=O)c1ccc(S(=O)(=O)Nc2cccc(C(F)(F)F)c2)cc1. The number of ether oxygens (including phenoxy) is 1. The van der Waals surface area contributed by atoms with Crippen LogP contribution in [0.3, 0.4) is 0 Å². The summed E-state index contributed by atoms with van der Waals surface area (Å²) in [7, 11) is -4.18. The topological polar surface area (TPSA) is 102 Å². The van der Waals surface area contributed by atoms with Crippen LogP contribution in [0.15, 0.2) is 53.4 Å². The van der Waals surface area contributed by atoms with E-state index in [1.807, 2.05) is 0 Å². The molecule has 2 rings (SSSR count). The number of halogens is 3. The van der Waals surface area contributed by atoms with Crippen molar-refractivity contribution in [2.45, 2.75) is 31.0 Å². The molecule has 0 spiro atoms. The summed E-state index contributed by atoms with van der Waals surface area (Å²) in [5.41, 5.74) is -1.16. The summed E-state index contributed by atoms with van der Waals surface area (Å²) in [6, 6.07) is 8.43. The highest BCUT2D eigenvalue weighted by molar-refractivity contribution is 7.92. The van der Waals surface area contributed by atoms with Gasteiger partial charge < -0.3 is 10.1 Å². The molecule has 0 aliphatic heterocycles. The lowest BCUT2D eigenvalue weighted by molar-refractivity contribution is -0.146. The zero-order valence-corrected chi connectivity index (χ0v) is 16.8. The summed E-state index contributed by atoms with van der Waals surface area (Å²) in [6.45, 7) is 2.97. The molecule has 0 saturated carbocycles. The molecule has 1 amide bonds. The molecule has 0 heterocycles. The molecule has 0 bridgehead atoms. The predicted molar refractivity (Wildman–Crippen MR) is 102 cm³/mol. The van der Waals surface area contributed by atoms with Crippen LogP contribution in [0.2, 0.25) is 0 Å². The van der Waals surface area contributed by atoms with Crippen molar-refractivity contribution in [3.8, 4) is 0 Å². The van der Waals surface area contributed by atoms with Crippen LogP contribution >= 0.6 is 0 Å². The van der Waals surface area contributed by atoms with Crippen molar-refractivity contribution in [1.82, 2.24) is 5.32 Å². The molecule has 2 aromatic carbocycles. The van der Waals surface area contributed by atoms with Gasteiger partial charge >= 0.3 is 12.1 Å². The molecule has 0 aliphatic carbocycles. The lowest BCUT2D eigenvalue weighted by Gasteiger charge is -2.12. The van der Waals surface area contributed by atoms with Gasteiger partial charge in [0.1, 0.15) is 6.54 Å². The van der Waals surface area contributed by atoms with Gasteiger partial charge in [-0.15, -0.1) is 0 Å². The van der Waals surface area contributed by atoms with Crippen LogP contribution in [0.25, 0.3) is 0 Å². The number of esters is 1. The highest BCUT2D eigenvalue weighted by Crippen LogP contribution is 2.31. The fourth-order valence-corrected chi connectivity index (χ4v) is 3.37. The Hall–Kier alpha value is -3.08. The number of benzene rings is 2. The lowest BCUT2D eigenvalue weighted by atomic mass is 10.2. The first-order valence-corrected chi connectivity index (χ1v) is 10.1. The van der Waals surface area contributed by atoms with Crippen LogP contribution < -0.4 is 10.0 Å². The highest BCUT2D eigenvalue weighted by Gasteiger charge is 2.30. The van der Waals surface area contributed by atoms with Crippen molar-refractivity contribution in [3.05, 3.63) is 59.7 Å². The second-order valence-electron chi connectivity index (χ2n) is 6.43. The number of carbonyl (C=O) groups excluding carboxylic acids is 2. The molecule has 0 radical (unpaired) electrons. The van der Waals surface area contributed by atoms with E-state index in [-0.39, 0.29) is 28.8 Å².